The van der Waals surface area contributed by atoms with Crippen molar-refractivity contribution in [2.45, 2.75) is 25.3 Å². The summed E-state index contributed by atoms with van der Waals surface area (Å²) in [6.07, 6.45) is 2.18. The van der Waals surface area contributed by atoms with Gasteiger partial charge in [-0.3, -0.25) is 4.79 Å². The van der Waals surface area contributed by atoms with Crippen molar-refractivity contribution in [3.8, 4) is 5.75 Å². The monoisotopic (exact) mass is 235 g/mol. The van der Waals surface area contributed by atoms with Crippen LogP contribution in [0, 0.1) is 0 Å². The third kappa shape index (κ3) is 2.58. The number of hydrogen-bond donors (Lipinski definition) is 1. The minimum atomic E-state index is -0.255. The number of carbonyl (C=O) groups is 1. The van der Waals surface area contributed by atoms with E-state index >= 15 is 0 Å². The van der Waals surface area contributed by atoms with E-state index in [2.05, 4.69) is 4.74 Å². The number of nitrogens with two attached hydrogens (primary N) is 1. The van der Waals surface area contributed by atoms with Crippen LogP contribution in [-0.4, -0.2) is 19.7 Å². The second-order valence-electron chi connectivity index (χ2n) is 4.14. The van der Waals surface area contributed by atoms with Crippen LogP contribution in [0.25, 0.3) is 0 Å². The molecule has 17 heavy (non-hydrogen) atoms. The van der Waals surface area contributed by atoms with E-state index in [-0.39, 0.29) is 18.4 Å². The maximum Gasteiger partial charge on any atom is 0.308 e. The summed E-state index contributed by atoms with van der Waals surface area (Å²) >= 11 is 0. The number of esters is 1. The second-order valence-corrected chi connectivity index (χ2v) is 4.14. The van der Waals surface area contributed by atoms with Gasteiger partial charge in [0.25, 0.3) is 0 Å². The van der Waals surface area contributed by atoms with Crippen LogP contribution in [0.5, 0.6) is 5.75 Å². The van der Waals surface area contributed by atoms with Crippen molar-refractivity contribution in [3.63, 3.8) is 0 Å². The minimum absolute atomic E-state index is 0.120. The second kappa shape index (κ2) is 5.19. The SMILES string of the molecule is COC(=O)CCOc1cccc2c1CCC2N. The molecule has 1 atom stereocenters. The molecular weight excluding hydrogens is 218 g/mol. The van der Waals surface area contributed by atoms with E-state index in [4.69, 9.17) is 10.5 Å². The molecule has 1 unspecified atom stereocenters. The molecular formula is C13H17NO3. The molecule has 92 valence electrons. The van der Waals surface area contributed by atoms with Crippen molar-refractivity contribution in [2.75, 3.05) is 13.7 Å². The molecule has 0 radical (unpaired) electrons. The van der Waals surface area contributed by atoms with E-state index in [1.165, 1.54) is 18.2 Å². The Bertz CT molecular complexity index is 417. The first kappa shape index (κ1) is 11.9. The fraction of sp³-hybridized carbons (Fsp3) is 0.462. The summed E-state index contributed by atoms with van der Waals surface area (Å²) in [5, 5.41) is 0. The molecule has 1 aromatic carbocycles. The predicted molar refractivity (Wildman–Crippen MR) is 63.8 cm³/mol. The standard InChI is InChI=1S/C13H17NO3/c1-16-13(15)7-8-17-12-4-2-3-9-10(12)5-6-11(9)14/h2-4,11H,5-8,14H2,1H3. The number of rotatable bonds is 4. The van der Waals surface area contributed by atoms with E-state index in [1.54, 1.807) is 0 Å². The molecule has 1 aliphatic rings. The van der Waals surface area contributed by atoms with Gasteiger partial charge in [0, 0.05) is 6.04 Å². The quantitative estimate of drug-likeness (QED) is 0.805. The Morgan fingerprint density at radius 3 is 3.12 bits per heavy atom. The molecule has 4 heteroatoms. The van der Waals surface area contributed by atoms with Crippen LogP contribution < -0.4 is 10.5 Å². The first-order valence-corrected chi connectivity index (χ1v) is 5.79. The smallest absolute Gasteiger partial charge is 0.308 e. The van der Waals surface area contributed by atoms with E-state index in [9.17, 15) is 4.79 Å². The molecule has 0 saturated carbocycles. The van der Waals surface area contributed by atoms with E-state index in [1.807, 2.05) is 18.2 Å². The highest BCUT2D eigenvalue weighted by atomic mass is 16.5. The summed E-state index contributed by atoms with van der Waals surface area (Å²) in [6, 6.07) is 6.03. The third-order valence-electron chi connectivity index (χ3n) is 3.07. The zero-order valence-electron chi connectivity index (χ0n) is 9.94. The molecule has 1 aromatic rings. The molecule has 0 amide bonds. The number of benzene rings is 1. The molecule has 0 saturated heterocycles. The summed E-state index contributed by atoms with van der Waals surface area (Å²) in [6.45, 7) is 0.346. The molecule has 0 aromatic heterocycles. The Labute approximate surface area is 101 Å². The van der Waals surface area contributed by atoms with Crippen molar-refractivity contribution >= 4 is 5.97 Å². The Morgan fingerprint density at radius 1 is 1.53 bits per heavy atom. The largest absolute Gasteiger partial charge is 0.493 e. The van der Waals surface area contributed by atoms with Crippen molar-refractivity contribution < 1.29 is 14.3 Å². The van der Waals surface area contributed by atoms with Crippen LogP contribution >= 0.6 is 0 Å². The number of ether oxygens (including phenoxy) is 2. The fourth-order valence-electron chi connectivity index (χ4n) is 2.13. The van der Waals surface area contributed by atoms with Crippen molar-refractivity contribution in [3.05, 3.63) is 29.3 Å². The Hall–Kier alpha value is -1.55. The zero-order valence-corrected chi connectivity index (χ0v) is 9.94. The minimum Gasteiger partial charge on any atom is -0.493 e. The van der Waals surface area contributed by atoms with Crippen LogP contribution in [0.3, 0.4) is 0 Å². The van der Waals surface area contributed by atoms with Gasteiger partial charge in [0.05, 0.1) is 20.1 Å². The molecule has 0 bridgehead atoms. The van der Waals surface area contributed by atoms with E-state index < -0.39 is 0 Å². The van der Waals surface area contributed by atoms with Gasteiger partial charge >= 0.3 is 5.97 Å². The molecule has 0 fully saturated rings. The average molecular weight is 235 g/mol. The van der Waals surface area contributed by atoms with Crippen molar-refractivity contribution in [1.82, 2.24) is 0 Å². The van der Waals surface area contributed by atoms with Crippen LogP contribution in [0.2, 0.25) is 0 Å². The summed E-state index contributed by atoms with van der Waals surface area (Å²) in [4.78, 5) is 11.0. The van der Waals surface area contributed by atoms with Gasteiger partial charge in [-0.2, -0.15) is 0 Å². The molecule has 0 aliphatic heterocycles. The highest BCUT2D eigenvalue weighted by molar-refractivity contribution is 5.69. The van der Waals surface area contributed by atoms with Gasteiger partial charge in [0.2, 0.25) is 0 Å². The van der Waals surface area contributed by atoms with Crippen molar-refractivity contribution in [1.29, 1.82) is 0 Å². The van der Waals surface area contributed by atoms with Gasteiger partial charge in [0.15, 0.2) is 0 Å². The summed E-state index contributed by atoms with van der Waals surface area (Å²) in [5.41, 5.74) is 8.34. The Morgan fingerprint density at radius 2 is 2.35 bits per heavy atom. The predicted octanol–water partition coefficient (Wildman–Crippen LogP) is 1.57. The molecule has 1 aliphatic carbocycles. The molecule has 0 heterocycles. The van der Waals surface area contributed by atoms with Crippen molar-refractivity contribution in [2.24, 2.45) is 5.73 Å². The fourth-order valence-corrected chi connectivity index (χ4v) is 2.13. The van der Waals surface area contributed by atoms with Crippen LogP contribution in [0.15, 0.2) is 18.2 Å². The van der Waals surface area contributed by atoms with Gasteiger partial charge in [0.1, 0.15) is 5.75 Å². The average Bonchev–Trinajstić information content (AvgIpc) is 2.72. The normalized spacial score (nSPS) is 17.6. The summed E-state index contributed by atoms with van der Waals surface area (Å²) < 4.78 is 10.2. The molecule has 0 spiro atoms. The van der Waals surface area contributed by atoms with E-state index in [0.29, 0.717) is 6.61 Å². The lowest BCUT2D eigenvalue weighted by atomic mass is 10.1. The lowest BCUT2D eigenvalue weighted by Crippen LogP contribution is -2.09. The third-order valence-corrected chi connectivity index (χ3v) is 3.07. The highest BCUT2D eigenvalue weighted by Gasteiger charge is 2.22. The Balaban J connectivity index is 2.00. The maximum absolute atomic E-state index is 11.0. The number of carbonyl (C=O) groups excluding carboxylic acids is 1. The first-order valence-electron chi connectivity index (χ1n) is 5.79. The van der Waals surface area contributed by atoms with Crippen LogP contribution in [0.1, 0.15) is 30.0 Å². The van der Waals surface area contributed by atoms with Gasteiger partial charge in [-0.15, -0.1) is 0 Å². The summed E-state index contributed by atoms with van der Waals surface area (Å²) in [5.74, 6) is 0.591. The van der Waals surface area contributed by atoms with Gasteiger partial charge in [-0.1, -0.05) is 12.1 Å². The van der Waals surface area contributed by atoms with Gasteiger partial charge in [-0.05, 0) is 30.0 Å². The Kier molecular flexibility index (Phi) is 3.64. The molecule has 2 N–H and O–H groups in total. The van der Waals surface area contributed by atoms with Gasteiger partial charge < -0.3 is 15.2 Å². The van der Waals surface area contributed by atoms with Gasteiger partial charge in [-0.25, -0.2) is 0 Å². The number of fused-ring (bicyclic) bond motifs is 1. The topological polar surface area (TPSA) is 61.5 Å². The number of hydrogen-bond acceptors (Lipinski definition) is 4. The lowest BCUT2D eigenvalue weighted by molar-refractivity contribution is -0.141. The van der Waals surface area contributed by atoms with E-state index in [0.717, 1.165) is 18.6 Å². The first-order chi connectivity index (χ1) is 8.22. The highest BCUT2D eigenvalue weighted by Crippen LogP contribution is 2.35. The number of methoxy groups -OCH3 is 1. The molecule has 2 rings (SSSR count). The summed E-state index contributed by atoms with van der Waals surface area (Å²) in [7, 11) is 1.38. The van der Waals surface area contributed by atoms with Crippen LogP contribution in [-0.2, 0) is 16.0 Å². The lowest BCUT2D eigenvalue weighted by Gasteiger charge is -2.11. The van der Waals surface area contributed by atoms with Crippen LogP contribution in [0.4, 0.5) is 0 Å². The molecule has 4 nitrogen and oxygen atoms in total. The zero-order chi connectivity index (χ0) is 12.3. The maximum atomic E-state index is 11.0.